The summed E-state index contributed by atoms with van der Waals surface area (Å²) in [6.45, 7) is 2.00. The first-order valence-electron chi connectivity index (χ1n) is 11.9. The molecule has 0 saturated carbocycles. The first-order chi connectivity index (χ1) is 17.8. The van der Waals surface area contributed by atoms with Crippen molar-refractivity contribution in [1.29, 1.82) is 0 Å². The zero-order valence-corrected chi connectivity index (χ0v) is 22.2. The summed E-state index contributed by atoms with van der Waals surface area (Å²) in [5, 5.41) is 1.32. The molecule has 5 rings (SSSR count). The zero-order chi connectivity index (χ0) is 26.1. The largest absolute Gasteiger partial charge is 0.305 e. The number of hydrogen-bond donors (Lipinski definition) is 0. The van der Waals surface area contributed by atoms with Crippen LogP contribution in [0.5, 0.6) is 0 Å². The predicted molar refractivity (Wildman–Crippen MR) is 151 cm³/mol. The molecule has 0 aliphatic carbocycles. The van der Waals surface area contributed by atoms with Crippen molar-refractivity contribution in [2.75, 3.05) is 9.80 Å². The van der Waals surface area contributed by atoms with Crippen molar-refractivity contribution in [3.63, 3.8) is 0 Å². The van der Waals surface area contributed by atoms with Crippen LogP contribution in [-0.2, 0) is 0 Å². The summed E-state index contributed by atoms with van der Waals surface area (Å²) in [5.74, 6) is -0.356. The van der Waals surface area contributed by atoms with E-state index in [1.54, 1.807) is 52.3 Å². The number of nitrogens with zero attached hydrogens (tertiary/aromatic N) is 2. The number of hydrogen-bond acceptors (Lipinski definition) is 2. The topological polar surface area (TPSA) is 40.6 Å². The Kier molecular flexibility index (Phi) is 7.25. The Morgan fingerprint density at radius 1 is 0.811 bits per heavy atom. The molecular formula is C30H23Cl3N2O2. The minimum atomic E-state index is -0.331. The second-order valence-corrected chi connectivity index (χ2v) is 10.3. The van der Waals surface area contributed by atoms with Crippen LogP contribution in [0.15, 0.2) is 97.1 Å². The van der Waals surface area contributed by atoms with Gasteiger partial charge in [0.05, 0.1) is 16.6 Å². The molecule has 4 aromatic carbocycles. The van der Waals surface area contributed by atoms with Crippen molar-refractivity contribution in [1.82, 2.24) is 0 Å². The predicted octanol–water partition coefficient (Wildman–Crippen LogP) is 8.47. The van der Waals surface area contributed by atoms with E-state index < -0.39 is 0 Å². The van der Waals surface area contributed by atoms with Gasteiger partial charge in [0.2, 0.25) is 0 Å². The number of carbonyl (C=O) groups excluding carboxylic acids is 2. The first-order valence-corrected chi connectivity index (χ1v) is 13.0. The quantitative estimate of drug-likeness (QED) is 0.256. The standard InChI is InChI=1S/C30H23Cl3N2O2/c1-19-17-28(25-9-5-6-10-27(25)34(19)29(36)20-11-13-21(31)14-12-20)35(23-7-3-2-4-8-23)30(37)24-16-15-22(32)18-26(24)33/h2-16,18-19,28H,17H2,1H3/t19-,28-/m1/s1. The molecule has 0 fully saturated rings. The third-order valence-corrected chi connectivity index (χ3v) is 7.40. The van der Waals surface area contributed by atoms with E-state index in [1.165, 1.54) is 0 Å². The molecule has 1 heterocycles. The van der Waals surface area contributed by atoms with Crippen molar-refractivity contribution in [2.45, 2.75) is 25.4 Å². The lowest BCUT2D eigenvalue weighted by Crippen LogP contribution is -2.47. The number of para-hydroxylation sites is 2. The Bertz CT molecular complexity index is 1460. The molecule has 0 radical (unpaired) electrons. The molecule has 4 nitrogen and oxygen atoms in total. The van der Waals surface area contributed by atoms with Gasteiger partial charge in [-0.05, 0) is 79.6 Å². The van der Waals surface area contributed by atoms with E-state index in [4.69, 9.17) is 34.8 Å². The number of carbonyl (C=O) groups is 2. The van der Waals surface area contributed by atoms with Crippen LogP contribution in [0.4, 0.5) is 11.4 Å². The van der Waals surface area contributed by atoms with Crippen molar-refractivity contribution in [3.05, 3.63) is 129 Å². The van der Waals surface area contributed by atoms with E-state index in [2.05, 4.69) is 0 Å². The van der Waals surface area contributed by atoms with Gasteiger partial charge in [-0.1, -0.05) is 71.2 Å². The number of halogens is 3. The van der Waals surface area contributed by atoms with Crippen molar-refractivity contribution in [3.8, 4) is 0 Å². The van der Waals surface area contributed by atoms with Gasteiger partial charge in [0.15, 0.2) is 0 Å². The maximum absolute atomic E-state index is 14.1. The first kappa shape index (κ1) is 25.3. The normalized spacial score (nSPS) is 16.7. The molecule has 2 atom stereocenters. The summed E-state index contributed by atoms with van der Waals surface area (Å²) in [7, 11) is 0. The van der Waals surface area contributed by atoms with Gasteiger partial charge >= 0.3 is 0 Å². The van der Waals surface area contributed by atoms with Crippen molar-refractivity contribution >= 4 is 58.0 Å². The molecule has 0 saturated heterocycles. The molecule has 1 aliphatic rings. The Hall–Kier alpha value is -3.31. The van der Waals surface area contributed by atoms with E-state index >= 15 is 0 Å². The summed E-state index contributed by atoms with van der Waals surface area (Å²) in [6.07, 6.45) is 0.530. The maximum atomic E-state index is 14.1. The highest BCUT2D eigenvalue weighted by Gasteiger charge is 2.39. The molecule has 0 aromatic heterocycles. The van der Waals surface area contributed by atoms with Crippen LogP contribution in [0.25, 0.3) is 0 Å². The number of anilines is 2. The highest BCUT2D eigenvalue weighted by molar-refractivity contribution is 6.37. The smallest absolute Gasteiger partial charge is 0.260 e. The summed E-state index contributed by atoms with van der Waals surface area (Å²) < 4.78 is 0. The van der Waals surface area contributed by atoms with Crippen LogP contribution >= 0.6 is 34.8 Å². The molecule has 0 unspecified atom stereocenters. The molecule has 4 aromatic rings. The molecule has 2 amide bonds. The van der Waals surface area contributed by atoms with Crippen LogP contribution in [0.1, 0.15) is 45.7 Å². The average molecular weight is 550 g/mol. The Morgan fingerprint density at radius 3 is 2.16 bits per heavy atom. The van der Waals surface area contributed by atoms with Crippen LogP contribution in [0.3, 0.4) is 0 Å². The molecule has 7 heteroatoms. The molecule has 1 aliphatic heterocycles. The Labute approximate surface area is 231 Å². The van der Waals surface area contributed by atoms with E-state index in [-0.39, 0.29) is 28.9 Å². The van der Waals surface area contributed by atoms with E-state index in [0.29, 0.717) is 27.6 Å². The van der Waals surface area contributed by atoms with E-state index in [0.717, 1.165) is 16.9 Å². The number of fused-ring (bicyclic) bond motifs is 1. The molecule has 0 bridgehead atoms. The van der Waals surface area contributed by atoms with Crippen LogP contribution in [0.2, 0.25) is 15.1 Å². The monoisotopic (exact) mass is 548 g/mol. The van der Waals surface area contributed by atoms with E-state index in [1.807, 2.05) is 61.5 Å². The van der Waals surface area contributed by atoms with Gasteiger partial charge < -0.3 is 9.80 Å². The fourth-order valence-electron chi connectivity index (χ4n) is 4.89. The Morgan fingerprint density at radius 2 is 1.46 bits per heavy atom. The van der Waals surface area contributed by atoms with Gasteiger partial charge in [0.1, 0.15) is 0 Å². The lowest BCUT2D eigenvalue weighted by Gasteiger charge is -2.43. The minimum absolute atomic E-state index is 0.117. The highest BCUT2D eigenvalue weighted by Crippen LogP contribution is 2.43. The molecule has 37 heavy (non-hydrogen) atoms. The van der Waals surface area contributed by atoms with Gasteiger partial charge in [0.25, 0.3) is 11.8 Å². The number of benzene rings is 4. The van der Waals surface area contributed by atoms with Crippen molar-refractivity contribution < 1.29 is 9.59 Å². The van der Waals surface area contributed by atoms with Crippen LogP contribution in [0, 0.1) is 0 Å². The third kappa shape index (κ3) is 4.97. The number of amides is 2. The zero-order valence-electron chi connectivity index (χ0n) is 19.9. The van der Waals surface area contributed by atoms with Gasteiger partial charge in [-0.15, -0.1) is 0 Å². The maximum Gasteiger partial charge on any atom is 0.260 e. The second-order valence-electron chi connectivity index (χ2n) is 8.98. The fraction of sp³-hybridized carbons (Fsp3) is 0.133. The van der Waals surface area contributed by atoms with Gasteiger partial charge in [-0.3, -0.25) is 9.59 Å². The van der Waals surface area contributed by atoms with Crippen molar-refractivity contribution in [2.24, 2.45) is 0 Å². The SMILES string of the molecule is C[C@@H]1C[C@@H](N(C(=O)c2ccc(Cl)cc2Cl)c2ccccc2)c2ccccc2N1C(=O)c1ccc(Cl)cc1. The molecular weight excluding hydrogens is 527 g/mol. The second kappa shape index (κ2) is 10.6. The molecule has 0 N–H and O–H groups in total. The fourth-order valence-corrected chi connectivity index (χ4v) is 5.50. The third-order valence-electron chi connectivity index (χ3n) is 6.60. The summed E-state index contributed by atoms with van der Waals surface area (Å²) >= 11 is 18.6. The van der Waals surface area contributed by atoms with Gasteiger partial charge in [0, 0.05) is 33.0 Å². The lowest BCUT2D eigenvalue weighted by atomic mass is 9.89. The number of rotatable bonds is 4. The molecule has 0 spiro atoms. The Balaban J connectivity index is 1.61. The lowest BCUT2D eigenvalue weighted by molar-refractivity contribution is 0.0965. The highest BCUT2D eigenvalue weighted by atomic mass is 35.5. The van der Waals surface area contributed by atoms with Crippen LogP contribution < -0.4 is 9.80 Å². The van der Waals surface area contributed by atoms with Crippen LogP contribution in [-0.4, -0.2) is 17.9 Å². The van der Waals surface area contributed by atoms with Gasteiger partial charge in [-0.25, -0.2) is 0 Å². The van der Waals surface area contributed by atoms with E-state index in [9.17, 15) is 9.59 Å². The summed E-state index contributed by atoms with van der Waals surface area (Å²) in [4.78, 5) is 31.3. The minimum Gasteiger partial charge on any atom is -0.305 e. The van der Waals surface area contributed by atoms with Gasteiger partial charge in [-0.2, -0.15) is 0 Å². The molecule has 186 valence electrons. The average Bonchev–Trinajstić information content (AvgIpc) is 2.89. The summed E-state index contributed by atoms with van der Waals surface area (Å²) in [6, 6.07) is 28.5. The summed E-state index contributed by atoms with van der Waals surface area (Å²) in [5.41, 5.74) is 3.29.